The third-order valence-corrected chi connectivity index (χ3v) is 3.35. The topological polar surface area (TPSA) is 37.3 Å². The van der Waals surface area contributed by atoms with Crippen molar-refractivity contribution in [3.63, 3.8) is 0 Å². The quantitative estimate of drug-likeness (QED) is 0.771. The van der Waals surface area contributed by atoms with Crippen LogP contribution in [0.4, 0.5) is 0 Å². The van der Waals surface area contributed by atoms with Gasteiger partial charge in [-0.15, -0.1) is 0 Å². The van der Waals surface area contributed by atoms with Crippen molar-refractivity contribution < 1.29 is 9.90 Å². The molecule has 0 heterocycles. The van der Waals surface area contributed by atoms with Crippen LogP contribution in [-0.4, -0.2) is 17.5 Å². The number of carbonyl (C=O) groups is 1. The van der Waals surface area contributed by atoms with Gasteiger partial charge in [0.15, 0.2) is 5.78 Å². The number of carbonyl (C=O) groups excluding carboxylic acids is 1. The predicted octanol–water partition coefficient (Wildman–Crippen LogP) is 2.91. The number of rotatable bonds is 5. The standard InChI is InChI=1S/C14H18O2/c15-9-3-8-14(16)13-7-2-6-12(10-13)11-4-1-5-11/h2,6-7,10-11,15H,1,3-5,8-9H2. The highest BCUT2D eigenvalue weighted by atomic mass is 16.3. The van der Waals surface area contributed by atoms with E-state index in [1.807, 2.05) is 18.2 Å². The zero-order chi connectivity index (χ0) is 11.4. The maximum atomic E-state index is 11.8. The van der Waals surface area contributed by atoms with Crippen LogP contribution in [0.3, 0.4) is 0 Å². The van der Waals surface area contributed by atoms with Crippen molar-refractivity contribution in [2.75, 3.05) is 6.61 Å². The molecule has 1 saturated carbocycles. The number of aliphatic hydroxyl groups is 1. The van der Waals surface area contributed by atoms with E-state index in [-0.39, 0.29) is 12.4 Å². The van der Waals surface area contributed by atoms with Gasteiger partial charge < -0.3 is 5.11 Å². The van der Waals surface area contributed by atoms with E-state index >= 15 is 0 Å². The molecule has 2 heteroatoms. The van der Waals surface area contributed by atoms with Gasteiger partial charge in [-0.2, -0.15) is 0 Å². The molecule has 2 nitrogen and oxygen atoms in total. The smallest absolute Gasteiger partial charge is 0.162 e. The van der Waals surface area contributed by atoms with Crippen molar-refractivity contribution in [1.82, 2.24) is 0 Å². The van der Waals surface area contributed by atoms with Crippen molar-refractivity contribution in [2.45, 2.75) is 38.0 Å². The van der Waals surface area contributed by atoms with Gasteiger partial charge >= 0.3 is 0 Å². The monoisotopic (exact) mass is 218 g/mol. The molecule has 0 atom stereocenters. The average Bonchev–Trinajstić information content (AvgIpc) is 2.24. The molecule has 86 valence electrons. The van der Waals surface area contributed by atoms with Gasteiger partial charge in [-0.05, 0) is 36.8 Å². The molecule has 0 radical (unpaired) electrons. The molecule has 0 saturated heterocycles. The molecule has 1 aliphatic carbocycles. The summed E-state index contributed by atoms with van der Waals surface area (Å²) in [7, 11) is 0. The molecule has 1 aliphatic rings. The zero-order valence-electron chi connectivity index (χ0n) is 9.48. The largest absolute Gasteiger partial charge is 0.396 e. The Morgan fingerprint density at radius 3 is 2.81 bits per heavy atom. The molecule has 1 aromatic carbocycles. The summed E-state index contributed by atoms with van der Waals surface area (Å²) in [5.74, 6) is 0.820. The first-order chi connectivity index (χ1) is 7.81. The molecular weight excluding hydrogens is 200 g/mol. The summed E-state index contributed by atoms with van der Waals surface area (Å²) in [6.45, 7) is 0.0913. The lowest BCUT2D eigenvalue weighted by atomic mass is 9.79. The van der Waals surface area contributed by atoms with Gasteiger partial charge in [-0.1, -0.05) is 24.6 Å². The highest BCUT2D eigenvalue weighted by molar-refractivity contribution is 5.96. The molecule has 0 aliphatic heterocycles. The molecule has 16 heavy (non-hydrogen) atoms. The number of ketones is 1. The molecule has 0 bridgehead atoms. The lowest BCUT2D eigenvalue weighted by Crippen LogP contribution is -2.10. The summed E-state index contributed by atoms with van der Waals surface area (Å²) < 4.78 is 0. The second kappa shape index (κ2) is 5.26. The SMILES string of the molecule is O=C(CCCO)c1cccc(C2CCC2)c1. The molecule has 1 fully saturated rings. The summed E-state index contributed by atoms with van der Waals surface area (Å²) in [6.07, 6.45) is 4.84. The first-order valence-corrected chi connectivity index (χ1v) is 6.05. The molecule has 0 amide bonds. The Bertz CT molecular complexity index is 367. The van der Waals surface area contributed by atoms with E-state index in [2.05, 4.69) is 6.07 Å². The van der Waals surface area contributed by atoms with Crippen molar-refractivity contribution in [2.24, 2.45) is 0 Å². The summed E-state index contributed by atoms with van der Waals surface area (Å²) in [5.41, 5.74) is 2.11. The Kier molecular flexibility index (Phi) is 3.73. The van der Waals surface area contributed by atoms with Crippen LogP contribution in [0.15, 0.2) is 24.3 Å². The number of hydrogen-bond acceptors (Lipinski definition) is 2. The zero-order valence-corrected chi connectivity index (χ0v) is 9.48. The van der Waals surface area contributed by atoms with Crippen molar-refractivity contribution in [1.29, 1.82) is 0 Å². The first-order valence-electron chi connectivity index (χ1n) is 6.05. The normalized spacial score (nSPS) is 15.8. The Hall–Kier alpha value is -1.15. The second-order valence-electron chi connectivity index (χ2n) is 4.50. The van der Waals surface area contributed by atoms with E-state index in [0.29, 0.717) is 18.8 Å². The van der Waals surface area contributed by atoms with Gasteiger partial charge in [0, 0.05) is 18.6 Å². The van der Waals surface area contributed by atoms with Crippen LogP contribution < -0.4 is 0 Å². The lowest BCUT2D eigenvalue weighted by molar-refractivity contribution is 0.0971. The molecular formula is C14H18O2. The second-order valence-corrected chi connectivity index (χ2v) is 4.50. The van der Waals surface area contributed by atoms with Crippen LogP contribution in [0.25, 0.3) is 0 Å². The van der Waals surface area contributed by atoms with Gasteiger partial charge in [0.2, 0.25) is 0 Å². The molecule has 1 aromatic rings. The number of hydrogen-bond donors (Lipinski definition) is 1. The van der Waals surface area contributed by atoms with Gasteiger partial charge in [-0.25, -0.2) is 0 Å². The van der Waals surface area contributed by atoms with E-state index in [4.69, 9.17) is 5.11 Å². The van der Waals surface area contributed by atoms with Crippen LogP contribution in [-0.2, 0) is 0 Å². The Morgan fingerprint density at radius 1 is 1.38 bits per heavy atom. The number of aliphatic hydroxyl groups excluding tert-OH is 1. The molecule has 2 rings (SSSR count). The van der Waals surface area contributed by atoms with Gasteiger partial charge in [0.1, 0.15) is 0 Å². The molecule has 0 unspecified atom stereocenters. The van der Waals surface area contributed by atoms with Gasteiger partial charge in [0.25, 0.3) is 0 Å². The fraction of sp³-hybridized carbons (Fsp3) is 0.500. The van der Waals surface area contributed by atoms with Crippen LogP contribution in [0.2, 0.25) is 0 Å². The maximum absolute atomic E-state index is 11.8. The summed E-state index contributed by atoms with van der Waals surface area (Å²) in [5, 5.41) is 8.70. The fourth-order valence-corrected chi connectivity index (χ4v) is 2.09. The highest BCUT2D eigenvalue weighted by Gasteiger charge is 2.20. The van der Waals surface area contributed by atoms with Crippen LogP contribution in [0.5, 0.6) is 0 Å². The number of benzene rings is 1. The van der Waals surface area contributed by atoms with Crippen LogP contribution in [0, 0.1) is 0 Å². The Balaban J connectivity index is 2.05. The van der Waals surface area contributed by atoms with Gasteiger partial charge in [0.05, 0.1) is 0 Å². The summed E-state index contributed by atoms with van der Waals surface area (Å²) >= 11 is 0. The van der Waals surface area contributed by atoms with Crippen molar-refractivity contribution >= 4 is 5.78 Å². The lowest BCUT2D eigenvalue weighted by Gasteiger charge is -2.26. The predicted molar refractivity (Wildman–Crippen MR) is 63.7 cm³/mol. The third kappa shape index (κ3) is 2.50. The van der Waals surface area contributed by atoms with E-state index in [0.717, 1.165) is 5.56 Å². The Labute approximate surface area is 96.3 Å². The third-order valence-electron chi connectivity index (χ3n) is 3.35. The van der Waals surface area contributed by atoms with Crippen LogP contribution >= 0.6 is 0 Å². The van der Waals surface area contributed by atoms with E-state index in [1.165, 1.54) is 24.8 Å². The minimum Gasteiger partial charge on any atom is -0.396 e. The first kappa shape index (κ1) is 11.3. The van der Waals surface area contributed by atoms with Gasteiger partial charge in [-0.3, -0.25) is 4.79 Å². The highest BCUT2D eigenvalue weighted by Crippen LogP contribution is 2.36. The molecule has 0 spiro atoms. The summed E-state index contributed by atoms with van der Waals surface area (Å²) in [6, 6.07) is 8.00. The van der Waals surface area contributed by atoms with Crippen molar-refractivity contribution in [3.05, 3.63) is 35.4 Å². The van der Waals surface area contributed by atoms with E-state index < -0.39 is 0 Å². The van der Waals surface area contributed by atoms with E-state index in [1.54, 1.807) is 0 Å². The molecule has 0 aromatic heterocycles. The van der Waals surface area contributed by atoms with Crippen LogP contribution in [0.1, 0.15) is 53.9 Å². The van der Waals surface area contributed by atoms with E-state index in [9.17, 15) is 4.79 Å². The minimum atomic E-state index is 0.0913. The summed E-state index contributed by atoms with van der Waals surface area (Å²) in [4.78, 5) is 11.8. The number of Topliss-reactive ketones (excluding diaryl/α,β-unsaturated/α-hetero) is 1. The maximum Gasteiger partial charge on any atom is 0.162 e. The molecule has 1 N–H and O–H groups in total. The Morgan fingerprint density at radius 2 is 2.19 bits per heavy atom. The minimum absolute atomic E-state index is 0.0913. The van der Waals surface area contributed by atoms with Crippen molar-refractivity contribution in [3.8, 4) is 0 Å². The average molecular weight is 218 g/mol. The fourth-order valence-electron chi connectivity index (χ4n) is 2.09.